The van der Waals surface area contributed by atoms with Crippen molar-refractivity contribution in [3.05, 3.63) is 64.1 Å². The van der Waals surface area contributed by atoms with Gasteiger partial charge in [-0.15, -0.1) is 0 Å². The number of hydrogen-bond acceptors (Lipinski definition) is 3. The minimum absolute atomic E-state index is 0.286. The molecule has 2 amide bonds. The van der Waals surface area contributed by atoms with Crippen molar-refractivity contribution >= 4 is 28.5 Å². The summed E-state index contributed by atoms with van der Waals surface area (Å²) in [7, 11) is 1.52. The molecule has 3 rings (SSSR count). The minimum Gasteiger partial charge on any atom is -0.355 e. The van der Waals surface area contributed by atoms with Gasteiger partial charge in [0.2, 0.25) is 0 Å². The molecule has 0 aliphatic rings. The standard InChI is InChI=1S/C16H14N4O3/c1-17-15(22)10-4-2-3-5-11(10)18-14(21)9-6-7-12-13(8-9)20-16(23)19-12/h2-8H,1H3,(H,17,22)(H,18,21)(H2,19,20,23). The lowest BCUT2D eigenvalue weighted by Crippen LogP contribution is -2.21. The van der Waals surface area contributed by atoms with Crippen LogP contribution in [0.3, 0.4) is 0 Å². The summed E-state index contributed by atoms with van der Waals surface area (Å²) in [4.78, 5) is 40.7. The van der Waals surface area contributed by atoms with E-state index in [0.717, 1.165) is 0 Å². The number of H-pyrrole nitrogens is 2. The lowest BCUT2D eigenvalue weighted by atomic mass is 10.1. The summed E-state index contributed by atoms with van der Waals surface area (Å²) in [6.45, 7) is 0. The second kappa shape index (κ2) is 5.80. The summed E-state index contributed by atoms with van der Waals surface area (Å²) in [5.74, 6) is -0.656. The van der Waals surface area contributed by atoms with Crippen LogP contribution in [-0.2, 0) is 0 Å². The van der Waals surface area contributed by atoms with E-state index in [1.807, 2.05) is 0 Å². The number of nitrogens with one attached hydrogen (secondary N) is 4. The van der Waals surface area contributed by atoms with Crippen LogP contribution in [0, 0.1) is 0 Å². The number of anilines is 1. The second-order valence-electron chi connectivity index (χ2n) is 4.92. The van der Waals surface area contributed by atoms with E-state index in [2.05, 4.69) is 20.6 Å². The Kier molecular flexibility index (Phi) is 3.68. The zero-order chi connectivity index (χ0) is 16.4. The molecule has 4 N–H and O–H groups in total. The molecule has 0 bridgehead atoms. The summed E-state index contributed by atoms with van der Waals surface area (Å²) < 4.78 is 0. The van der Waals surface area contributed by atoms with E-state index in [4.69, 9.17) is 0 Å². The van der Waals surface area contributed by atoms with Crippen molar-refractivity contribution in [1.29, 1.82) is 0 Å². The summed E-state index contributed by atoms with van der Waals surface area (Å²) >= 11 is 0. The van der Waals surface area contributed by atoms with Gasteiger partial charge in [0.15, 0.2) is 0 Å². The highest BCUT2D eigenvalue weighted by molar-refractivity contribution is 6.09. The number of carbonyl (C=O) groups excluding carboxylic acids is 2. The highest BCUT2D eigenvalue weighted by Crippen LogP contribution is 2.17. The van der Waals surface area contributed by atoms with Gasteiger partial charge in [-0.2, -0.15) is 0 Å². The molecule has 2 aromatic carbocycles. The third-order valence-corrected chi connectivity index (χ3v) is 3.43. The topological polar surface area (TPSA) is 107 Å². The Morgan fingerprint density at radius 1 is 0.957 bits per heavy atom. The Morgan fingerprint density at radius 2 is 1.70 bits per heavy atom. The minimum atomic E-state index is -0.370. The van der Waals surface area contributed by atoms with E-state index >= 15 is 0 Å². The number of carbonyl (C=O) groups is 2. The third kappa shape index (κ3) is 2.84. The van der Waals surface area contributed by atoms with E-state index in [1.165, 1.54) is 7.05 Å². The number of hydrogen-bond donors (Lipinski definition) is 4. The fourth-order valence-electron chi connectivity index (χ4n) is 2.29. The van der Waals surface area contributed by atoms with Crippen LogP contribution in [0.1, 0.15) is 20.7 Å². The molecule has 3 aromatic rings. The molecule has 1 heterocycles. The number of fused-ring (bicyclic) bond motifs is 1. The summed E-state index contributed by atoms with van der Waals surface area (Å²) in [5, 5.41) is 5.24. The maximum atomic E-state index is 12.4. The van der Waals surface area contributed by atoms with Gasteiger partial charge in [0.25, 0.3) is 11.8 Å². The van der Waals surface area contributed by atoms with E-state index in [9.17, 15) is 14.4 Å². The molecule has 7 heteroatoms. The molecule has 0 unspecified atom stereocenters. The molecule has 0 aliphatic carbocycles. The number of rotatable bonds is 3. The molecule has 0 spiro atoms. The Labute approximate surface area is 130 Å². The Bertz CT molecular complexity index is 955. The van der Waals surface area contributed by atoms with Crippen molar-refractivity contribution in [1.82, 2.24) is 15.3 Å². The lowest BCUT2D eigenvalue weighted by molar-refractivity contribution is 0.0964. The molecule has 0 aliphatic heterocycles. The van der Waals surface area contributed by atoms with Crippen molar-refractivity contribution in [2.75, 3.05) is 12.4 Å². The lowest BCUT2D eigenvalue weighted by Gasteiger charge is -2.10. The Balaban J connectivity index is 1.91. The first-order chi connectivity index (χ1) is 11.1. The predicted molar refractivity (Wildman–Crippen MR) is 86.7 cm³/mol. The molecule has 0 saturated carbocycles. The zero-order valence-corrected chi connectivity index (χ0v) is 12.3. The number of benzene rings is 2. The largest absolute Gasteiger partial charge is 0.355 e. The highest BCUT2D eigenvalue weighted by Gasteiger charge is 2.13. The smallest absolute Gasteiger partial charge is 0.323 e. The fraction of sp³-hybridized carbons (Fsp3) is 0.0625. The summed E-state index contributed by atoms with van der Waals surface area (Å²) in [6, 6.07) is 11.5. The van der Waals surface area contributed by atoms with Gasteiger partial charge in [-0.1, -0.05) is 12.1 Å². The number of imidazole rings is 1. The molecule has 0 fully saturated rings. The van der Waals surface area contributed by atoms with Gasteiger partial charge < -0.3 is 20.6 Å². The quantitative estimate of drug-likeness (QED) is 0.588. The number of aromatic amines is 2. The fourth-order valence-corrected chi connectivity index (χ4v) is 2.29. The van der Waals surface area contributed by atoms with Gasteiger partial charge in [-0.3, -0.25) is 9.59 Å². The molecule has 23 heavy (non-hydrogen) atoms. The van der Waals surface area contributed by atoms with Crippen LogP contribution in [0.25, 0.3) is 11.0 Å². The van der Waals surface area contributed by atoms with Crippen LogP contribution in [-0.4, -0.2) is 28.8 Å². The van der Waals surface area contributed by atoms with Gasteiger partial charge in [-0.25, -0.2) is 4.79 Å². The average molecular weight is 310 g/mol. The second-order valence-corrected chi connectivity index (χ2v) is 4.92. The predicted octanol–water partition coefficient (Wildman–Crippen LogP) is 1.47. The molecule has 0 radical (unpaired) electrons. The maximum absolute atomic E-state index is 12.4. The van der Waals surface area contributed by atoms with Gasteiger partial charge >= 0.3 is 5.69 Å². The van der Waals surface area contributed by atoms with Gasteiger partial charge in [0.05, 0.1) is 22.3 Å². The first-order valence-corrected chi connectivity index (χ1v) is 6.93. The van der Waals surface area contributed by atoms with Crippen molar-refractivity contribution < 1.29 is 9.59 Å². The van der Waals surface area contributed by atoms with E-state index < -0.39 is 0 Å². The molecular weight excluding hydrogens is 296 g/mol. The van der Waals surface area contributed by atoms with Crippen LogP contribution in [0.15, 0.2) is 47.3 Å². The van der Waals surface area contributed by atoms with Crippen LogP contribution in [0.5, 0.6) is 0 Å². The maximum Gasteiger partial charge on any atom is 0.323 e. The van der Waals surface area contributed by atoms with E-state index in [1.54, 1.807) is 42.5 Å². The first-order valence-electron chi connectivity index (χ1n) is 6.93. The number of para-hydroxylation sites is 1. The SMILES string of the molecule is CNC(=O)c1ccccc1NC(=O)c1ccc2[nH]c(=O)[nH]c2c1. The van der Waals surface area contributed by atoms with E-state index in [0.29, 0.717) is 27.8 Å². The molecule has 7 nitrogen and oxygen atoms in total. The Hall–Kier alpha value is -3.35. The monoisotopic (exact) mass is 310 g/mol. The van der Waals surface area contributed by atoms with Crippen molar-refractivity contribution in [3.63, 3.8) is 0 Å². The van der Waals surface area contributed by atoms with Crippen LogP contribution >= 0.6 is 0 Å². The van der Waals surface area contributed by atoms with Crippen molar-refractivity contribution in [3.8, 4) is 0 Å². The van der Waals surface area contributed by atoms with Crippen molar-refractivity contribution in [2.45, 2.75) is 0 Å². The van der Waals surface area contributed by atoms with Crippen LogP contribution < -0.4 is 16.3 Å². The number of amides is 2. The zero-order valence-electron chi connectivity index (χ0n) is 12.3. The van der Waals surface area contributed by atoms with Gasteiger partial charge in [0, 0.05) is 12.6 Å². The normalized spacial score (nSPS) is 10.5. The molecule has 1 aromatic heterocycles. The van der Waals surface area contributed by atoms with Gasteiger partial charge in [0.1, 0.15) is 0 Å². The molecule has 0 saturated heterocycles. The molecule has 0 atom stereocenters. The van der Waals surface area contributed by atoms with Crippen LogP contribution in [0.2, 0.25) is 0 Å². The van der Waals surface area contributed by atoms with Crippen molar-refractivity contribution in [2.24, 2.45) is 0 Å². The number of aromatic nitrogens is 2. The summed E-state index contributed by atoms with van der Waals surface area (Å²) in [5.41, 5.74) is 2.00. The average Bonchev–Trinajstić information content (AvgIpc) is 2.93. The summed E-state index contributed by atoms with van der Waals surface area (Å²) in [6.07, 6.45) is 0. The Morgan fingerprint density at radius 3 is 2.48 bits per heavy atom. The van der Waals surface area contributed by atoms with E-state index in [-0.39, 0.29) is 17.5 Å². The third-order valence-electron chi connectivity index (χ3n) is 3.43. The first kappa shape index (κ1) is 14.6. The van der Waals surface area contributed by atoms with Gasteiger partial charge in [-0.05, 0) is 30.3 Å². The molecule has 116 valence electrons. The molecular formula is C16H14N4O3. The highest BCUT2D eigenvalue weighted by atomic mass is 16.2. The van der Waals surface area contributed by atoms with Crippen LogP contribution in [0.4, 0.5) is 5.69 Å².